The third-order valence-electron chi connectivity index (χ3n) is 5.29. The van der Waals surface area contributed by atoms with E-state index in [1.807, 2.05) is 12.1 Å². The summed E-state index contributed by atoms with van der Waals surface area (Å²) in [7, 11) is 1.52. The SMILES string of the molecule is COc1ccc(C(=O)N[C@@H](CO)Cc2ccccn2)c(C(=[NH2+])CC(N)c2ccc(F)cc2)c1. The van der Waals surface area contributed by atoms with Crippen molar-refractivity contribution >= 4 is 11.6 Å². The maximum Gasteiger partial charge on any atom is 0.252 e. The number of methoxy groups -OCH3 is 1. The number of nitrogens with two attached hydrogens (primary N) is 2. The van der Waals surface area contributed by atoms with Gasteiger partial charge in [-0.15, -0.1) is 0 Å². The van der Waals surface area contributed by atoms with Crippen LogP contribution in [0.1, 0.15) is 39.6 Å². The number of nitrogens with zero attached hydrogens (tertiary/aromatic N) is 1. The van der Waals surface area contributed by atoms with E-state index in [0.717, 1.165) is 11.3 Å². The summed E-state index contributed by atoms with van der Waals surface area (Å²) >= 11 is 0. The maximum absolute atomic E-state index is 13.2. The zero-order chi connectivity index (χ0) is 23.8. The molecule has 0 radical (unpaired) electrons. The molecule has 1 amide bonds. The molecule has 0 spiro atoms. The van der Waals surface area contributed by atoms with E-state index in [4.69, 9.17) is 15.9 Å². The Labute approximate surface area is 191 Å². The fourth-order valence-corrected chi connectivity index (χ4v) is 3.48. The molecule has 1 aromatic heterocycles. The third-order valence-corrected chi connectivity index (χ3v) is 5.29. The van der Waals surface area contributed by atoms with Gasteiger partial charge in [-0.3, -0.25) is 15.2 Å². The molecule has 2 aromatic carbocycles. The normalized spacial score (nSPS) is 12.6. The molecule has 33 heavy (non-hydrogen) atoms. The summed E-state index contributed by atoms with van der Waals surface area (Å²) in [6.45, 7) is -0.248. The molecule has 6 N–H and O–H groups in total. The van der Waals surface area contributed by atoms with Crippen molar-refractivity contribution in [1.29, 1.82) is 0 Å². The van der Waals surface area contributed by atoms with Crippen LogP contribution in [0.3, 0.4) is 0 Å². The summed E-state index contributed by atoms with van der Waals surface area (Å²) < 4.78 is 18.5. The second-order valence-electron chi connectivity index (χ2n) is 7.68. The Morgan fingerprint density at radius 3 is 2.58 bits per heavy atom. The van der Waals surface area contributed by atoms with Crippen molar-refractivity contribution in [2.45, 2.75) is 24.9 Å². The molecule has 2 atom stereocenters. The van der Waals surface area contributed by atoms with Gasteiger partial charge >= 0.3 is 0 Å². The number of nitrogens with one attached hydrogen (secondary N) is 1. The van der Waals surface area contributed by atoms with Gasteiger partial charge in [0.25, 0.3) is 5.91 Å². The van der Waals surface area contributed by atoms with Crippen molar-refractivity contribution in [3.05, 3.63) is 95.1 Å². The zero-order valence-corrected chi connectivity index (χ0v) is 18.4. The average Bonchev–Trinajstić information content (AvgIpc) is 2.84. The summed E-state index contributed by atoms with van der Waals surface area (Å²) in [6.07, 6.45) is 2.28. The highest BCUT2D eigenvalue weighted by atomic mass is 19.1. The number of rotatable bonds is 10. The topological polar surface area (TPSA) is 123 Å². The standard InChI is InChI=1S/C25H27FN4O3/c1-33-20-9-10-21(25(32)30-19(15-31)12-18-4-2-3-11-29-18)22(13-20)24(28)14-23(27)16-5-7-17(26)8-6-16/h2-11,13,19,23,28,31H,12,14-15,27H2,1H3,(H,30,32)/p+1/t19-,23?/m1/s1. The number of aliphatic hydroxyl groups is 1. The second kappa shape index (κ2) is 11.3. The molecule has 0 saturated heterocycles. The van der Waals surface area contributed by atoms with Gasteiger partial charge in [0.2, 0.25) is 0 Å². The highest BCUT2D eigenvalue weighted by Crippen LogP contribution is 2.22. The minimum atomic E-state index is -0.523. The van der Waals surface area contributed by atoms with Gasteiger partial charge in [0.1, 0.15) is 11.6 Å². The number of aliphatic hydroxyl groups excluding tert-OH is 1. The fourth-order valence-electron chi connectivity index (χ4n) is 3.48. The van der Waals surface area contributed by atoms with Crippen molar-refractivity contribution in [3.63, 3.8) is 0 Å². The smallest absolute Gasteiger partial charge is 0.252 e. The monoisotopic (exact) mass is 451 g/mol. The van der Waals surface area contributed by atoms with Crippen molar-refractivity contribution in [2.75, 3.05) is 13.7 Å². The van der Waals surface area contributed by atoms with Crippen molar-refractivity contribution in [2.24, 2.45) is 5.73 Å². The van der Waals surface area contributed by atoms with Crippen LogP contribution in [0.25, 0.3) is 0 Å². The first-order valence-corrected chi connectivity index (χ1v) is 10.5. The van der Waals surface area contributed by atoms with Gasteiger partial charge in [0.15, 0.2) is 5.71 Å². The molecule has 3 rings (SSSR count). The third kappa shape index (κ3) is 6.44. The molecule has 8 heteroatoms. The van der Waals surface area contributed by atoms with Crippen LogP contribution >= 0.6 is 0 Å². The molecule has 0 aliphatic carbocycles. The average molecular weight is 452 g/mol. The second-order valence-corrected chi connectivity index (χ2v) is 7.68. The molecule has 3 aromatic rings. The maximum atomic E-state index is 13.2. The number of ether oxygens (including phenoxy) is 1. The lowest BCUT2D eigenvalue weighted by Crippen LogP contribution is -2.44. The molecular formula is C25H28FN4O3+. The molecule has 7 nitrogen and oxygen atoms in total. The summed E-state index contributed by atoms with van der Waals surface area (Å²) in [4.78, 5) is 17.3. The number of carbonyl (C=O) groups is 1. The number of amides is 1. The minimum absolute atomic E-state index is 0.246. The van der Waals surface area contributed by atoms with E-state index in [9.17, 15) is 14.3 Å². The molecule has 0 aliphatic heterocycles. The number of aromatic nitrogens is 1. The van der Waals surface area contributed by atoms with Gasteiger partial charge in [-0.2, -0.15) is 0 Å². The lowest BCUT2D eigenvalue weighted by atomic mass is 9.94. The van der Waals surface area contributed by atoms with E-state index in [-0.39, 0.29) is 24.8 Å². The Bertz CT molecular complexity index is 1090. The van der Waals surface area contributed by atoms with Crippen molar-refractivity contribution < 1.29 is 24.4 Å². The quantitative estimate of drug-likeness (QED) is 0.345. The number of hydrogen-bond donors (Lipinski definition) is 4. The largest absolute Gasteiger partial charge is 0.497 e. The number of halogens is 1. The number of carbonyl (C=O) groups excluding carboxylic acids is 1. The van der Waals surface area contributed by atoms with E-state index in [1.165, 1.54) is 19.2 Å². The first-order valence-electron chi connectivity index (χ1n) is 10.5. The Morgan fingerprint density at radius 1 is 1.18 bits per heavy atom. The molecule has 0 aliphatic rings. The first-order chi connectivity index (χ1) is 15.9. The Hall–Kier alpha value is -3.62. The lowest BCUT2D eigenvalue weighted by Gasteiger charge is -2.18. The van der Waals surface area contributed by atoms with E-state index >= 15 is 0 Å². The lowest BCUT2D eigenvalue weighted by molar-refractivity contribution is -0.115. The van der Waals surface area contributed by atoms with Crippen LogP contribution in [0.2, 0.25) is 0 Å². The number of hydrogen-bond acceptors (Lipinski definition) is 5. The minimum Gasteiger partial charge on any atom is -0.497 e. The first kappa shape index (κ1) is 24.0. The van der Waals surface area contributed by atoms with E-state index in [2.05, 4.69) is 10.3 Å². The number of pyridine rings is 1. The summed E-state index contributed by atoms with van der Waals surface area (Å²) in [5, 5.41) is 19.0. The fraction of sp³-hybridized carbons (Fsp3) is 0.240. The molecule has 0 bridgehead atoms. The Morgan fingerprint density at radius 2 is 1.94 bits per heavy atom. The van der Waals surface area contributed by atoms with Crippen molar-refractivity contribution in [1.82, 2.24) is 10.3 Å². The van der Waals surface area contributed by atoms with Gasteiger partial charge in [0.05, 0.1) is 37.3 Å². The Kier molecular flexibility index (Phi) is 8.23. The number of benzene rings is 2. The Balaban J connectivity index is 1.79. The van der Waals surface area contributed by atoms with Crippen LogP contribution in [-0.4, -0.2) is 41.5 Å². The summed E-state index contributed by atoms with van der Waals surface area (Å²) in [5.74, 6) is -0.202. The molecule has 1 heterocycles. The van der Waals surface area contributed by atoms with Gasteiger partial charge in [-0.05, 0) is 48.0 Å². The molecular weight excluding hydrogens is 423 g/mol. The molecule has 0 fully saturated rings. The predicted molar refractivity (Wildman–Crippen MR) is 123 cm³/mol. The van der Waals surface area contributed by atoms with E-state index in [0.29, 0.717) is 29.0 Å². The van der Waals surface area contributed by atoms with Gasteiger partial charge < -0.3 is 20.9 Å². The predicted octanol–water partition coefficient (Wildman–Crippen LogP) is 1.20. The van der Waals surface area contributed by atoms with Crippen LogP contribution in [0.4, 0.5) is 4.39 Å². The van der Waals surface area contributed by atoms with E-state index in [1.54, 1.807) is 42.6 Å². The highest BCUT2D eigenvalue weighted by molar-refractivity contribution is 6.08. The zero-order valence-electron chi connectivity index (χ0n) is 18.4. The summed E-state index contributed by atoms with van der Waals surface area (Å²) in [6, 6.07) is 15.3. The van der Waals surface area contributed by atoms with Crippen LogP contribution in [0, 0.1) is 5.82 Å². The van der Waals surface area contributed by atoms with Gasteiger partial charge in [-0.1, -0.05) is 18.2 Å². The highest BCUT2D eigenvalue weighted by Gasteiger charge is 2.23. The molecule has 1 unspecified atom stereocenters. The van der Waals surface area contributed by atoms with Crippen LogP contribution in [-0.2, 0) is 6.42 Å². The van der Waals surface area contributed by atoms with Crippen LogP contribution in [0.5, 0.6) is 5.75 Å². The van der Waals surface area contributed by atoms with Crippen LogP contribution < -0.4 is 21.2 Å². The van der Waals surface area contributed by atoms with Gasteiger partial charge in [-0.25, -0.2) is 4.39 Å². The van der Waals surface area contributed by atoms with Gasteiger partial charge in [0, 0.05) is 24.4 Å². The molecule has 172 valence electrons. The van der Waals surface area contributed by atoms with Crippen molar-refractivity contribution in [3.8, 4) is 5.75 Å². The summed E-state index contributed by atoms with van der Waals surface area (Å²) in [5.41, 5.74) is 8.96. The van der Waals surface area contributed by atoms with E-state index < -0.39 is 12.1 Å². The van der Waals surface area contributed by atoms with Crippen LogP contribution in [0.15, 0.2) is 66.9 Å². The molecule has 0 saturated carbocycles.